The number of hydrogen-bond acceptors (Lipinski definition) is 1. The van der Waals surface area contributed by atoms with E-state index in [0.29, 0.717) is 6.42 Å². The van der Waals surface area contributed by atoms with Gasteiger partial charge in [0.25, 0.3) is 0 Å². The van der Waals surface area contributed by atoms with E-state index in [1.165, 1.54) is 12.1 Å². The number of carbonyl (C=O) groups excluding carboxylic acids is 1. The number of alkyl halides is 1. The van der Waals surface area contributed by atoms with Gasteiger partial charge >= 0.3 is 0 Å². The molecule has 1 nitrogen and oxygen atoms in total. The molecule has 1 aromatic carbocycles. The molecule has 0 saturated carbocycles. The van der Waals surface area contributed by atoms with E-state index in [1.54, 1.807) is 12.1 Å². The van der Waals surface area contributed by atoms with Gasteiger partial charge in [0.15, 0.2) is 5.78 Å². The SMILES string of the molecule is CC(C)(C)C(=O)C(Cl)Cc1ccc(F)cc1. The molecule has 0 N–H and O–H groups in total. The van der Waals surface area contributed by atoms with Crippen LogP contribution in [0.4, 0.5) is 4.39 Å². The Morgan fingerprint density at radius 1 is 1.31 bits per heavy atom. The number of rotatable bonds is 3. The molecule has 0 bridgehead atoms. The monoisotopic (exact) mass is 242 g/mol. The normalized spacial score (nSPS) is 13.6. The Morgan fingerprint density at radius 2 is 1.81 bits per heavy atom. The topological polar surface area (TPSA) is 17.1 Å². The first-order chi connectivity index (χ1) is 7.30. The van der Waals surface area contributed by atoms with Crippen LogP contribution in [0.3, 0.4) is 0 Å². The Balaban J connectivity index is 2.68. The molecule has 0 amide bonds. The third-order valence-electron chi connectivity index (χ3n) is 2.35. The maximum atomic E-state index is 12.7. The van der Waals surface area contributed by atoms with Crippen LogP contribution in [0.1, 0.15) is 26.3 Å². The summed E-state index contributed by atoms with van der Waals surface area (Å²) < 4.78 is 12.7. The first-order valence-corrected chi connectivity index (χ1v) is 5.67. The van der Waals surface area contributed by atoms with Gasteiger partial charge < -0.3 is 0 Å². The third kappa shape index (κ3) is 3.60. The molecule has 0 radical (unpaired) electrons. The minimum absolute atomic E-state index is 0.0125. The van der Waals surface area contributed by atoms with Crippen LogP contribution in [-0.2, 0) is 11.2 Å². The van der Waals surface area contributed by atoms with Gasteiger partial charge in [-0.25, -0.2) is 4.39 Å². The summed E-state index contributed by atoms with van der Waals surface area (Å²) >= 11 is 6.05. The van der Waals surface area contributed by atoms with Crippen molar-refractivity contribution in [2.24, 2.45) is 5.41 Å². The average molecular weight is 243 g/mol. The van der Waals surface area contributed by atoms with E-state index in [0.717, 1.165) is 5.56 Å². The van der Waals surface area contributed by atoms with Gasteiger partial charge in [0.1, 0.15) is 5.82 Å². The molecule has 1 unspecified atom stereocenters. The highest BCUT2D eigenvalue weighted by atomic mass is 35.5. The number of halogens is 2. The number of carbonyl (C=O) groups is 1. The summed E-state index contributed by atoms with van der Waals surface area (Å²) in [5.41, 5.74) is 0.436. The molecule has 16 heavy (non-hydrogen) atoms. The molecule has 3 heteroatoms. The Morgan fingerprint density at radius 3 is 2.25 bits per heavy atom. The summed E-state index contributed by atoms with van der Waals surface area (Å²) in [5.74, 6) is -0.268. The maximum Gasteiger partial charge on any atom is 0.156 e. The van der Waals surface area contributed by atoms with Gasteiger partial charge in [-0.05, 0) is 24.1 Å². The van der Waals surface area contributed by atoms with Crippen molar-refractivity contribution in [3.63, 3.8) is 0 Å². The first-order valence-electron chi connectivity index (χ1n) is 5.23. The van der Waals surface area contributed by atoms with Crippen molar-refractivity contribution >= 4 is 17.4 Å². The number of hydrogen-bond donors (Lipinski definition) is 0. The first kappa shape index (κ1) is 13.2. The van der Waals surface area contributed by atoms with E-state index in [9.17, 15) is 9.18 Å². The zero-order chi connectivity index (χ0) is 12.3. The van der Waals surface area contributed by atoms with Gasteiger partial charge in [-0.3, -0.25) is 4.79 Å². The molecule has 0 aliphatic rings. The maximum absolute atomic E-state index is 12.7. The lowest BCUT2D eigenvalue weighted by Crippen LogP contribution is -2.30. The van der Waals surface area contributed by atoms with Crippen LogP contribution < -0.4 is 0 Å². The second-order valence-electron chi connectivity index (χ2n) is 4.91. The van der Waals surface area contributed by atoms with E-state index < -0.39 is 10.8 Å². The molecule has 0 saturated heterocycles. The quantitative estimate of drug-likeness (QED) is 0.741. The van der Waals surface area contributed by atoms with E-state index in [-0.39, 0.29) is 11.6 Å². The molecular formula is C13H16ClFO. The van der Waals surface area contributed by atoms with Gasteiger partial charge in [0.2, 0.25) is 0 Å². The van der Waals surface area contributed by atoms with Crippen molar-refractivity contribution < 1.29 is 9.18 Å². The predicted octanol–water partition coefficient (Wildman–Crippen LogP) is 3.59. The minimum Gasteiger partial charge on any atom is -0.297 e. The van der Waals surface area contributed by atoms with Gasteiger partial charge in [-0.2, -0.15) is 0 Å². The highest BCUT2D eigenvalue weighted by molar-refractivity contribution is 6.31. The number of Topliss-reactive ketones (excluding diaryl/α,β-unsaturated/α-hetero) is 1. The molecule has 0 fully saturated rings. The van der Waals surface area contributed by atoms with Crippen LogP contribution in [0.15, 0.2) is 24.3 Å². The third-order valence-corrected chi connectivity index (χ3v) is 2.70. The zero-order valence-electron chi connectivity index (χ0n) is 9.76. The molecule has 0 aromatic heterocycles. The average Bonchev–Trinajstić information content (AvgIpc) is 2.19. The van der Waals surface area contributed by atoms with Gasteiger partial charge in [0, 0.05) is 5.41 Å². The van der Waals surface area contributed by atoms with E-state index >= 15 is 0 Å². The fourth-order valence-electron chi connectivity index (χ4n) is 1.39. The summed E-state index contributed by atoms with van der Waals surface area (Å²) in [7, 11) is 0. The van der Waals surface area contributed by atoms with E-state index in [1.807, 2.05) is 20.8 Å². The molecular weight excluding hydrogens is 227 g/mol. The molecule has 1 atom stereocenters. The van der Waals surface area contributed by atoms with Crippen molar-refractivity contribution in [3.8, 4) is 0 Å². The summed E-state index contributed by atoms with van der Waals surface area (Å²) in [4.78, 5) is 11.8. The lowest BCUT2D eigenvalue weighted by molar-refractivity contribution is -0.125. The predicted molar refractivity (Wildman–Crippen MR) is 64.2 cm³/mol. The summed E-state index contributed by atoms with van der Waals surface area (Å²) in [6.45, 7) is 5.53. The van der Waals surface area contributed by atoms with E-state index in [2.05, 4.69) is 0 Å². The van der Waals surface area contributed by atoms with Crippen LogP contribution >= 0.6 is 11.6 Å². The second kappa shape index (κ2) is 4.96. The fourth-order valence-corrected chi connectivity index (χ4v) is 1.90. The highest BCUT2D eigenvalue weighted by Crippen LogP contribution is 2.22. The van der Waals surface area contributed by atoms with Crippen molar-refractivity contribution in [3.05, 3.63) is 35.6 Å². The Labute approximate surface area is 101 Å². The molecule has 0 aliphatic carbocycles. The van der Waals surface area contributed by atoms with Crippen molar-refractivity contribution in [2.45, 2.75) is 32.6 Å². The molecule has 1 aromatic rings. The van der Waals surface area contributed by atoms with Crippen LogP contribution in [-0.4, -0.2) is 11.2 Å². The van der Waals surface area contributed by atoms with Crippen LogP contribution in [0.2, 0.25) is 0 Å². The Bertz CT molecular complexity index is 365. The van der Waals surface area contributed by atoms with Gasteiger partial charge in [0.05, 0.1) is 5.38 Å². The lowest BCUT2D eigenvalue weighted by atomic mass is 9.87. The molecule has 88 valence electrons. The smallest absolute Gasteiger partial charge is 0.156 e. The standard InChI is InChI=1S/C13H16ClFO/c1-13(2,3)12(16)11(14)8-9-4-6-10(15)7-5-9/h4-7,11H,8H2,1-3H3. The zero-order valence-corrected chi connectivity index (χ0v) is 10.5. The van der Waals surface area contributed by atoms with E-state index in [4.69, 9.17) is 11.6 Å². The molecule has 0 heterocycles. The number of benzene rings is 1. The molecule has 0 aliphatic heterocycles. The fraction of sp³-hybridized carbons (Fsp3) is 0.462. The molecule has 0 spiro atoms. The van der Waals surface area contributed by atoms with Crippen LogP contribution in [0.25, 0.3) is 0 Å². The van der Waals surface area contributed by atoms with Gasteiger partial charge in [-0.1, -0.05) is 32.9 Å². The van der Waals surface area contributed by atoms with Crippen LogP contribution in [0.5, 0.6) is 0 Å². The summed E-state index contributed by atoms with van der Waals surface area (Å²) in [5, 5.41) is -0.550. The van der Waals surface area contributed by atoms with Gasteiger partial charge in [-0.15, -0.1) is 11.6 Å². The largest absolute Gasteiger partial charge is 0.297 e. The number of ketones is 1. The summed E-state index contributed by atoms with van der Waals surface area (Å²) in [6, 6.07) is 6.06. The van der Waals surface area contributed by atoms with Crippen molar-refractivity contribution in [2.75, 3.05) is 0 Å². The summed E-state index contributed by atoms with van der Waals surface area (Å²) in [6.07, 6.45) is 0.442. The minimum atomic E-state index is -0.550. The Kier molecular flexibility index (Phi) is 4.09. The van der Waals surface area contributed by atoms with Crippen LogP contribution in [0, 0.1) is 11.2 Å². The molecule has 1 rings (SSSR count). The van der Waals surface area contributed by atoms with Crippen molar-refractivity contribution in [1.82, 2.24) is 0 Å². The second-order valence-corrected chi connectivity index (χ2v) is 5.44. The Hall–Kier alpha value is -0.890. The van der Waals surface area contributed by atoms with Crippen molar-refractivity contribution in [1.29, 1.82) is 0 Å². The lowest BCUT2D eigenvalue weighted by Gasteiger charge is -2.20. The highest BCUT2D eigenvalue weighted by Gasteiger charge is 2.28.